The third-order valence-electron chi connectivity index (χ3n) is 2.23. The van der Waals surface area contributed by atoms with Crippen LogP contribution in [0.25, 0.3) is 0 Å². The van der Waals surface area contributed by atoms with Gasteiger partial charge in [-0.15, -0.1) is 0 Å². The number of urea groups is 1. The number of carbonyl (C=O) groups excluding carboxylic acids is 2. The average Bonchev–Trinajstić information content (AvgIpc) is 2.32. The van der Waals surface area contributed by atoms with Crippen LogP contribution in [0.2, 0.25) is 0 Å². The highest BCUT2D eigenvalue weighted by Crippen LogP contribution is 1.95. The van der Waals surface area contributed by atoms with Gasteiger partial charge in [0.15, 0.2) is 0 Å². The Morgan fingerprint density at radius 2 is 1.89 bits per heavy atom. The maximum absolute atomic E-state index is 11.6. The molecule has 18 heavy (non-hydrogen) atoms. The molecule has 1 unspecified atom stereocenters. The van der Waals surface area contributed by atoms with Gasteiger partial charge in [-0.2, -0.15) is 0 Å². The number of aliphatic carboxylic acids is 1. The van der Waals surface area contributed by atoms with Crippen LogP contribution in [0, 0.1) is 0 Å². The minimum absolute atomic E-state index is 0.128. The lowest BCUT2D eigenvalue weighted by Crippen LogP contribution is -2.47. The molecule has 0 bridgehead atoms. The van der Waals surface area contributed by atoms with Crippen LogP contribution in [0.4, 0.5) is 4.79 Å². The summed E-state index contributed by atoms with van der Waals surface area (Å²) in [6.07, 6.45) is 0. The normalized spacial score (nSPS) is 11.5. The summed E-state index contributed by atoms with van der Waals surface area (Å²) in [5, 5.41) is 12.8. The van der Waals surface area contributed by atoms with Crippen molar-refractivity contribution >= 4 is 17.9 Å². The number of amides is 3. The van der Waals surface area contributed by atoms with Gasteiger partial charge >= 0.3 is 12.0 Å². The Morgan fingerprint density at radius 3 is 2.39 bits per heavy atom. The Morgan fingerprint density at radius 1 is 1.28 bits per heavy atom. The SMILES string of the molecule is COCC(C)N(C)C(=O)NCC(=O)NCC(=O)O. The first kappa shape index (κ1) is 16.2. The van der Waals surface area contributed by atoms with E-state index >= 15 is 0 Å². The Hall–Kier alpha value is -1.83. The lowest BCUT2D eigenvalue weighted by atomic mass is 10.3. The van der Waals surface area contributed by atoms with E-state index in [-0.39, 0.29) is 12.6 Å². The zero-order valence-electron chi connectivity index (χ0n) is 10.7. The van der Waals surface area contributed by atoms with Crippen LogP contribution in [0.15, 0.2) is 0 Å². The Labute approximate surface area is 105 Å². The van der Waals surface area contributed by atoms with Gasteiger partial charge in [-0.25, -0.2) is 4.79 Å². The average molecular weight is 261 g/mol. The molecule has 1 atom stereocenters. The molecule has 0 spiro atoms. The van der Waals surface area contributed by atoms with E-state index in [0.717, 1.165) is 0 Å². The van der Waals surface area contributed by atoms with E-state index in [4.69, 9.17) is 9.84 Å². The summed E-state index contributed by atoms with van der Waals surface area (Å²) < 4.78 is 4.90. The number of likely N-dealkylation sites (N-methyl/N-ethyl adjacent to an activating group) is 1. The highest BCUT2D eigenvalue weighted by Gasteiger charge is 2.16. The number of methoxy groups -OCH3 is 1. The predicted octanol–water partition coefficient (Wildman–Crippen LogP) is -1.14. The Balaban J connectivity index is 3.94. The summed E-state index contributed by atoms with van der Waals surface area (Å²) in [6, 6.07) is -0.554. The number of hydrogen-bond acceptors (Lipinski definition) is 4. The second-order valence-corrected chi connectivity index (χ2v) is 3.74. The molecular weight excluding hydrogens is 242 g/mol. The molecule has 0 heterocycles. The monoisotopic (exact) mass is 261 g/mol. The molecule has 104 valence electrons. The first-order valence-electron chi connectivity index (χ1n) is 5.36. The van der Waals surface area contributed by atoms with Crippen molar-refractivity contribution in [1.82, 2.24) is 15.5 Å². The fourth-order valence-electron chi connectivity index (χ4n) is 1.07. The van der Waals surface area contributed by atoms with Gasteiger partial charge in [0.1, 0.15) is 6.54 Å². The van der Waals surface area contributed by atoms with Crippen molar-refractivity contribution in [3.8, 4) is 0 Å². The van der Waals surface area contributed by atoms with E-state index in [2.05, 4.69) is 10.6 Å². The molecule has 0 saturated carbocycles. The summed E-state index contributed by atoms with van der Waals surface area (Å²) in [7, 11) is 3.11. The van der Waals surface area contributed by atoms with E-state index in [1.807, 2.05) is 0 Å². The lowest BCUT2D eigenvalue weighted by Gasteiger charge is -2.24. The first-order valence-corrected chi connectivity index (χ1v) is 5.36. The van der Waals surface area contributed by atoms with Crippen LogP contribution in [0.5, 0.6) is 0 Å². The maximum Gasteiger partial charge on any atom is 0.322 e. The quantitative estimate of drug-likeness (QED) is 0.537. The molecule has 8 heteroatoms. The third kappa shape index (κ3) is 6.69. The molecule has 8 nitrogen and oxygen atoms in total. The van der Waals surface area contributed by atoms with Gasteiger partial charge in [0.2, 0.25) is 5.91 Å². The van der Waals surface area contributed by atoms with Gasteiger partial charge < -0.3 is 25.4 Å². The summed E-state index contributed by atoms with van der Waals surface area (Å²) in [4.78, 5) is 34.3. The van der Waals surface area contributed by atoms with Crippen LogP contribution < -0.4 is 10.6 Å². The standard InChI is InChI=1S/C10H19N3O5/c1-7(6-18-3)13(2)10(17)12-4-8(14)11-5-9(15)16/h7H,4-6H2,1-3H3,(H,11,14)(H,12,17)(H,15,16). The van der Waals surface area contributed by atoms with Crippen LogP contribution in [-0.2, 0) is 14.3 Å². The number of rotatable bonds is 7. The topological polar surface area (TPSA) is 108 Å². The van der Waals surface area contributed by atoms with Crippen molar-refractivity contribution in [2.24, 2.45) is 0 Å². The van der Waals surface area contributed by atoms with Crippen LogP contribution >= 0.6 is 0 Å². The molecule has 0 aromatic rings. The van der Waals surface area contributed by atoms with E-state index in [9.17, 15) is 14.4 Å². The number of hydrogen-bond donors (Lipinski definition) is 3. The molecule has 0 radical (unpaired) electrons. The van der Waals surface area contributed by atoms with Gasteiger partial charge in [0.05, 0.1) is 19.2 Å². The molecule has 0 fully saturated rings. The molecule has 0 aliphatic carbocycles. The van der Waals surface area contributed by atoms with Gasteiger partial charge in [-0.05, 0) is 6.92 Å². The van der Waals surface area contributed by atoms with Gasteiger partial charge in [0, 0.05) is 14.2 Å². The molecule has 0 aliphatic rings. The molecule has 0 aromatic carbocycles. The number of carboxylic acid groups (broad SMARTS) is 1. The summed E-state index contributed by atoms with van der Waals surface area (Å²) in [5.74, 6) is -1.70. The maximum atomic E-state index is 11.6. The minimum Gasteiger partial charge on any atom is -0.480 e. The molecule has 0 rings (SSSR count). The molecular formula is C10H19N3O5. The van der Waals surface area contributed by atoms with Crippen molar-refractivity contribution in [3.05, 3.63) is 0 Å². The van der Waals surface area contributed by atoms with Crippen molar-refractivity contribution in [3.63, 3.8) is 0 Å². The largest absolute Gasteiger partial charge is 0.480 e. The first-order chi connectivity index (χ1) is 8.38. The fraction of sp³-hybridized carbons (Fsp3) is 0.700. The van der Waals surface area contributed by atoms with Crippen molar-refractivity contribution < 1.29 is 24.2 Å². The fourth-order valence-corrected chi connectivity index (χ4v) is 1.07. The van der Waals surface area contributed by atoms with Crippen molar-refractivity contribution in [2.45, 2.75) is 13.0 Å². The number of ether oxygens (including phenoxy) is 1. The van der Waals surface area contributed by atoms with Crippen LogP contribution in [0.1, 0.15) is 6.92 Å². The second-order valence-electron chi connectivity index (χ2n) is 3.74. The third-order valence-corrected chi connectivity index (χ3v) is 2.23. The van der Waals surface area contributed by atoms with Crippen LogP contribution in [0.3, 0.4) is 0 Å². The highest BCUT2D eigenvalue weighted by molar-refractivity contribution is 5.86. The molecule has 0 saturated heterocycles. The zero-order valence-corrected chi connectivity index (χ0v) is 10.7. The van der Waals surface area contributed by atoms with Crippen molar-refractivity contribution in [1.29, 1.82) is 0 Å². The van der Waals surface area contributed by atoms with E-state index < -0.39 is 24.5 Å². The summed E-state index contributed by atoms with van der Waals surface area (Å²) in [6.45, 7) is 1.45. The molecule has 0 aromatic heterocycles. The van der Waals surface area contributed by atoms with Gasteiger partial charge in [-0.1, -0.05) is 0 Å². The minimum atomic E-state index is -1.14. The highest BCUT2D eigenvalue weighted by atomic mass is 16.5. The van der Waals surface area contributed by atoms with E-state index in [0.29, 0.717) is 6.61 Å². The van der Waals surface area contributed by atoms with Crippen molar-refractivity contribution in [2.75, 3.05) is 33.9 Å². The summed E-state index contributed by atoms with van der Waals surface area (Å²) in [5.41, 5.74) is 0. The molecule has 3 N–H and O–H groups in total. The summed E-state index contributed by atoms with van der Waals surface area (Å²) >= 11 is 0. The Kier molecular flexibility index (Phi) is 7.45. The number of nitrogens with one attached hydrogen (secondary N) is 2. The lowest BCUT2D eigenvalue weighted by molar-refractivity contribution is -0.137. The van der Waals surface area contributed by atoms with Gasteiger partial charge in [-0.3, -0.25) is 9.59 Å². The zero-order chi connectivity index (χ0) is 14.1. The van der Waals surface area contributed by atoms with E-state index in [1.54, 1.807) is 14.0 Å². The smallest absolute Gasteiger partial charge is 0.322 e. The second kappa shape index (κ2) is 8.29. The molecule has 0 aliphatic heterocycles. The van der Waals surface area contributed by atoms with E-state index in [1.165, 1.54) is 12.0 Å². The number of carboxylic acids is 1. The number of carbonyl (C=O) groups is 3. The van der Waals surface area contributed by atoms with Crippen LogP contribution in [-0.4, -0.2) is 67.8 Å². The molecule has 3 amide bonds. The Bertz CT molecular complexity index is 308. The predicted molar refractivity (Wildman–Crippen MR) is 63.1 cm³/mol. The number of nitrogens with zero attached hydrogens (tertiary/aromatic N) is 1. The van der Waals surface area contributed by atoms with Gasteiger partial charge in [0.25, 0.3) is 0 Å².